The third-order valence-electron chi connectivity index (χ3n) is 4.83. The van der Waals surface area contributed by atoms with E-state index in [1.54, 1.807) is 0 Å². The third-order valence-corrected chi connectivity index (χ3v) is 4.83. The summed E-state index contributed by atoms with van der Waals surface area (Å²) in [5.41, 5.74) is 3.03. The van der Waals surface area contributed by atoms with Gasteiger partial charge in [0, 0.05) is 36.5 Å². The zero-order valence-corrected chi connectivity index (χ0v) is 16.1. The predicted molar refractivity (Wildman–Crippen MR) is 104 cm³/mol. The molecule has 0 bridgehead atoms. The molecule has 0 fully saturated rings. The van der Waals surface area contributed by atoms with Crippen molar-refractivity contribution in [3.8, 4) is 0 Å². The summed E-state index contributed by atoms with van der Waals surface area (Å²) >= 11 is 0. The quantitative estimate of drug-likeness (QED) is 0.396. The number of ether oxygens (including phenoxy) is 1. The molecule has 0 N–H and O–H groups in total. The molecule has 0 atom stereocenters. The van der Waals surface area contributed by atoms with E-state index in [4.69, 9.17) is 4.74 Å². The number of hydrogen-bond donors (Lipinski definition) is 0. The van der Waals surface area contributed by atoms with Gasteiger partial charge in [-0.15, -0.1) is 0 Å². The fourth-order valence-electron chi connectivity index (χ4n) is 3.74. The molecule has 1 aliphatic heterocycles. The summed E-state index contributed by atoms with van der Waals surface area (Å²) in [7, 11) is 0. The lowest BCUT2D eigenvalue weighted by Crippen LogP contribution is -2.23. The minimum Gasteiger partial charge on any atom is -0.460 e. The Morgan fingerprint density at radius 1 is 1.12 bits per heavy atom. The number of hydrogen-bond acceptors (Lipinski definition) is 3. The molecule has 2 aromatic rings. The van der Waals surface area contributed by atoms with Gasteiger partial charge in [-0.3, -0.25) is 9.59 Å². The molecule has 0 amide bonds. The van der Waals surface area contributed by atoms with Crippen molar-refractivity contribution in [2.24, 2.45) is 0 Å². The van der Waals surface area contributed by atoms with Crippen molar-refractivity contribution in [1.29, 1.82) is 0 Å². The summed E-state index contributed by atoms with van der Waals surface area (Å²) in [5.74, 6) is 0.0582. The molecule has 4 nitrogen and oxygen atoms in total. The smallest absolute Gasteiger partial charge is 0.306 e. The van der Waals surface area contributed by atoms with Crippen LogP contribution in [0.1, 0.15) is 75.2 Å². The molecule has 0 saturated heterocycles. The zero-order chi connectivity index (χ0) is 18.7. The topological polar surface area (TPSA) is 48.3 Å². The molecule has 0 saturated carbocycles. The van der Waals surface area contributed by atoms with Crippen molar-refractivity contribution >= 4 is 22.7 Å². The van der Waals surface area contributed by atoms with Gasteiger partial charge in [0.2, 0.25) is 0 Å². The van der Waals surface area contributed by atoms with E-state index in [-0.39, 0.29) is 11.8 Å². The molecule has 0 aliphatic carbocycles. The van der Waals surface area contributed by atoms with Crippen molar-refractivity contribution in [2.45, 2.75) is 77.9 Å². The fraction of sp³-hybridized carbons (Fsp3) is 0.545. The van der Waals surface area contributed by atoms with Gasteiger partial charge in [-0.1, -0.05) is 24.6 Å². The SMILES string of the molecule is CC(C)(C)OC(=O)CCCCCC(=O)c1cn2c3c(cccc13)CCC2. The summed E-state index contributed by atoms with van der Waals surface area (Å²) in [6, 6.07) is 6.30. The van der Waals surface area contributed by atoms with Crippen molar-refractivity contribution in [1.82, 2.24) is 4.57 Å². The molecule has 4 heteroatoms. The van der Waals surface area contributed by atoms with Crippen LogP contribution >= 0.6 is 0 Å². The molecule has 1 aliphatic rings. The highest BCUT2D eigenvalue weighted by Gasteiger charge is 2.19. The number of ketones is 1. The Morgan fingerprint density at radius 3 is 2.65 bits per heavy atom. The number of nitrogens with zero attached hydrogens (tertiary/aromatic N) is 1. The van der Waals surface area contributed by atoms with Crippen LogP contribution in [0, 0.1) is 0 Å². The number of Topliss-reactive ketones (excluding diaryl/α,β-unsaturated/α-hetero) is 1. The lowest BCUT2D eigenvalue weighted by molar-refractivity contribution is -0.154. The number of benzene rings is 1. The Balaban J connectivity index is 1.52. The summed E-state index contributed by atoms with van der Waals surface area (Å²) in [6.07, 6.45) is 7.69. The minimum absolute atomic E-state index is 0.155. The fourth-order valence-corrected chi connectivity index (χ4v) is 3.74. The molecule has 0 unspecified atom stereocenters. The van der Waals surface area contributed by atoms with E-state index < -0.39 is 5.60 Å². The molecule has 1 aromatic carbocycles. The molecule has 1 aromatic heterocycles. The van der Waals surface area contributed by atoms with Crippen LogP contribution < -0.4 is 0 Å². The minimum atomic E-state index is -0.427. The monoisotopic (exact) mass is 355 g/mol. The van der Waals surface area contributed by atoms with Gasteiger partial charge in [0.1, 0.15) is 5.60 Å². The molecule has 0 spiro atoms. The molecule has 3 rings (SSSR count). The van der Waals surface area contributed by atoms with Gasteiger partial charge in [-0.2, -0.15) is 0 Å². The van der Waals surface area contributed by atoms with Crippen LogP contribution in [-0.4, -0.2) is 21.9 Å². The van der Waals surface area contributed by atoms with Crippen LogP contribution in [-0.2, 0) is 22.5 Å². The van der Waals surface area contributed by atoms with Crippen molar-refractivity contribution in [2.75, 3.05) is 0 Å². The van der Waals surface area contributed by atoms with E-state index in [0.29, 0.717) is 12.8 Å². The highest BCUT2D eigenvalue weighted by atomic mass is 16.6. The zero-order valence-electron chi connectivity index (χ0n) is 16.1. The Kier molecular flexibility index (Phi) is 5.49. The first-order valence-corrected chi connectivity index (χ1v) is 9.71. The Morgan fingerprint density at radius 2 is 1.88 bits per heavy atom. The Bertz CT molecular complexity index is 811. The van der Waals surface area contributed by atoms with Crippen LogP contribution in [0.5, 0.6) is 0 Å². The van der Waals surface area contributed by atoms with Gasteiger partial charge in [0.25, 0.3) is 0 Å². The van der Waals surface area contributed by atoms with Gasteiger partial charge >= 0.3 is 5.97 Å². The summed E-state index contributed by atoms with van der Waals surface area (Å²) in [6.45, 7) is 6.63. The molecule has 26 heavy (non-hydrogen) atoms. The Hall–Kier alpha value is -2.10. The maximum atomic E-state index is 12.7. The van der Waals surface area contributed by atoms with Gasteiger partial charge in [0.15, 0.2) is 5.78 Å². The van der Waals surface area contributed by atoms with Crippen LogP contribution in [0.3, 0.4) is 0 Å². The summed E-state index contributed by atoms with van der Waals surface area (Å²) in [4.78, 5) is 24.4. The number of carbonyl (C=O) groups excluding carboxylic acids is 2. The van der Waals surface area contributed by atoms with E-state index in [1.807, 2.05) is 27.0 Å². The number of para-hydroxylation sites is 1. The largest absolute Gasteiger partial charge is 0.460 e. The molecule has 0 radical (unpaired) electrons. The van der Waals surface area contributed by atoms with Crippen molar-refractivity contribution in [3.63, 3.8) is 0 Å². The predicted octanol–water partition coefficient (Wildman–Crippen LogP) is 5.06. The van der Waals surface area contributed by atoms with Crippen molar-refractivity contribution in [3.05, 3.63) is 35.5 Å². The average Bonchev–Trinajstić information content (AvgIpc) is 2.94. The number of rotatable bonds is 7. The normalized spacial score (nSPS) is 13.8. The van der Waals surface area contributed by atoms with Gasteiger partial charge < -0.3 is 9.30 Å². The second-order valence-electron chi connectivity index (χ2n) is 8.22. The van der Waals surface area contributed by atoms with E-state index >= 15 is 0 Å². The first-order chi connectivity index (χ1) is 12.3. The Labute approximate surface area is 155 Å². The molecule has 140 valence electrons. The molecular weight excluding hydrogens is 326 g/mol. The summed E-state index contributed by atoms with van der Waals surface area (Å²) in [5, 5.41) is 1.10. The molecule has 2 heterocycles. The summed E-state index contributed by atoms with van der Waals surface area (Å²) < 4.78 is 7.55. The lowest BCUT2D eigenvalue weighted by atomic mass is 10.00. The first-order valence-electron chi connectivity index (χ1n) is 9.71. The average molecular weight is 355 g/mol. The first kappa shape index (κ1) is 18.7. The number of aryl methyl sites for hydroxylation is 2. The second-order valence-corrected chi connectivity index (χ2v) is 8.22. The lowest BCUT2D eigenvalue weighted by Gasteiger charge is -2.19. The van der Waals surface area contributed by atoms with Crippen LogP contribution in [0.25, 0.3) is 10.9 Å². The van der Waals surface area contributed by atoms with Gasteiger partial charge in [0.05, 0.1) is 5.52 Å². The highest BCUT2D eigenvalue weighted by molar-refractivity contribution is 6.08. The number of carbonyl (C=O) groups is 2. The number of unbranched alkanes of at least 4 members (excludes halogenated alkanes) is 2. The van der Waals surface area contributed by atoms with E-state index in [9.17, 15) is 9.59 Å². The highest BCUT2D eigenvalue weighted by Crippen LogP contribution is 2.30. The second kappa shape index (κ2) is 7.65. The number of aromatic nitrogens is 1. The number of esters is 1. The van der Waals surface area contributed by atoms with Gasteiger partial charge in [-0.25, -0.2) is 0 Å². The third kappa shape index (κ3) is 4.35. The maximum absolute atomic E-state index is 12.7. The molecular formula is C22H29NO3. The van der Waals surface area contributed by atoms with Crippen molar-refractivity contribution < 1.29 is 14.3 Å². The maximum Gasteiger partial charge on any atom is 0.306 e. The van der Waals surface area contributed by atoms with E-state index in [0.717, 1.165) is 49.6 Å². The van der Waals surface area contributed by atoms with Crippen LogP contribution in [0.2, 0.25) is 0 Å². The standard InChI is InChI=1S/C22H29NO3/c1-22(2,3)26-20(25)13-6-4-5-12-19(24)18-15-23-14-8-10-16-9-7-11-17(18)21(16)23/h7,9,11,15H,4-6,8,10,12-14H2,1-3H3. The van der Waals surface area contributed by atoms with Gasteiger partial charge in [-0.05, 0) is 52.0 Å². The van der Waals surface area contributed by atoms with Crippen LogP contribution in [0.15, 0.2) is 24.4 Å². The van der Waals surface area contributed by atoms with Crippen LogP contribution in [0.4, 0.5) is 0 Å². The van der Waals surface area contributed by atoms with E-state index in [2.05, 4.69) is 22.8 Å². The van der Waals surface area contributed by atoms with E-state index in [1.165, 1.54) is 11.1 Å².